The molecule has 1 aromatic rings. The van der Waals surface area contributed by atoms with Gasteiger partial charge in [-0.05, 0) is 12.1 Å². The SMILES string of the molecule is [NH]c1ccc2c(n1)NCCS2. The third-order valence-corrected chi connectivity index (χ3v) is 2.56. The van der Waals surface area contributed by atoms with E-state index in [0.29, 0.717) is 5.82 Å². The maximum Gasteiger partial charge on any atom is 0.146 e. The number of nitrogens with zero attached hydrogens (tertiary/aromatic N) is 1. The Morgan fingerprint density at radius 1 is 1.55 bits per heavy atom. The van der Waals surface area contributed by atoms with E-state index < -0.39 is 0 Å². The lowest BCUT2D eigenvalue weighted by atomic mass is 10.4. The molecule has 0 unspecified atom stereocenters. The molecule has 3 nitrogen and oxygen atoms in total. The highest BCUT2D eigenvalue weighted by atomic mass is 32.2. The lowest BCUT2D eigenvalue weighted by Crippen LogP contribution is -2.11. The third kappa shape index (κ3) is 1.26. The van der Waals surface area contributed by atoms with Crippen LogP contribution in [0.3, 0.4) is 0 Å². The second kappa shape index (κ2) is 2.62. The molecule has 0 saturated heterocycles. The molecule has 1 aliphatic rings. The van der Waals surface area contributed by atoms with Gasteiger partial charge in [0.05, 0.1) is 0 Å². The highest BCUT2D eigenvalue weighted by molar-refractivity contribution is 7.99. The van der Waals surface area contributed by atoms with Gasteiger partial charge < -0.3 is 5.32 Å². The summed E-state index contributed by atoms with van der Waals surface area (Å²) in [6.07, 6.45) is 0. The van der Waals surface area contributed by atoms with Crippen molar-refractivity contribution in [1.29, 1.82) is 0 Å². The molecule has 0 saturated carbocycles. The smallest absolute Gasteiger partial charge is 0.146 e. The van der Waals surface area contributed by atoms with Crippen molar-refractivity contribution in [2.45, 2.75) is 4.90 Å². The number of hydrogen-bond acceptors (Lipinski definition) is 3. The predicted octanol–water partition coefficient (Wildman–Crippen LogP) is 1.51. The molecule has 11 heavy (non-hydrogen) atoms. The maximum absolute atomic E-state index is 7.27. The summed E-state index contributed by atoms with van der Waals surface area (Å²) in [5.41, 5.74) is 7.27. The van der Waals surface area contributed by atoms with Crippen LogP contribution in [0.4, 0.5) is 11.6 Å². The minimum atomic E-state index is 0.332. The summed E-state index contributed by atoms with van der Waals surface area (Å²) >= 11 is 1.79. The van der Waals surface area contributed by atoms with Crippen molar-refractivity contribution in [3.8, 4) is 0 Å². The van der Waals surface area contributed by atoms with Gasteiger partial charge in [-0.2, -0.15) is 0 Å². The molecule has 0 bridgehead atoms. The average molecular weight is 166 g/mol. The van der Waals surface area contributed by atoms with E-state index in [1.165, 1.54) is 0 Å². The van der Waals surface area contributed by atoms with Crippen LogP contribution in [0.25, 0.3) is 0 Å². The van der Waals surface area contributed by atoms with Gasteiger partial charge in [0, 0.05) is 17.2 Å². The molecule has 57 valence electrons. The van der Waals surface area contributed by atoms with E-state index >= 15 is 0 Å². The minimum Gasteiger partial charge on any atom is -0.368 e. The fourth-order valence-electron chi connectivity index (χ4n) is 1.02. The molecule has 4 heteroatoms. The summed E-state index contributed by atoms with van der Waals surface area (Å²) in [7, 11) is 0. The van der Waals surface area contributed by atoms with Crippen LogP contribution >= 0.6 is 11.8 Å². The maximum atomic E-state index is 7.27. The van der Waals surface area contributed by atoms with Crippen molar-refractivity contribution in [3.63, 3.8) is 0 Å². The van der Waals surface area contributed by atoms with Crippen molar-refractivity contribution in [2.75, 3.05) is 17.6 Å². The fourth-order valence-corrected chi connectivity index (χ4v) is 1.86. The molecule has 0 fully saturated rings. The summed E-state index contributed by atoms with van der Waals surface area (Å²) in [4.78, 5) is 5.21. The molecular weight excluding hydrogens is 158 g/mol. The summed E-state index contributed by atoms with van der Waals surface area (Å²) in [6.45, 7) is 0.952. The number of aromatic nitrogens is 1. The largest absolute Gasteiger partial charge is 0.368 e. The van der Waals surface area contributed by atoms with E-state index in [1.807, 2.05) is 6.07 Å². The molecule has 2 rings (SSSR count). The summed E-state index contributed by atoms with van der Waals surface area (Å²) in [6, 6.07) is 3.67. The Labute approximate surface area is 69.4 Å². The number of pyridine rings is 1. The topological polar surface area (TPSA) is 48.7 Å². The van der Waals surface area contributed by atoms with Gasteiger partial charge in [-0.3, -0.25) is 5.73 Å². The molecule has 1 radical (unpaired) electrons. The molecule has 0 atom stereocenters. The second-order valence-electron chi connectivity index (χ2n) is 2.32. The zero-order valence-electron chi connectivity index (χ0n) is 5.92. The van der Waals surface area contributed by atoms with Crippen LogP contribution in [0.2, 0.25) is 0 Å². The fraction of sp³-hybridized carbons (Fsp3) is 0.286. The van der Waals surface area contributed by atoms with E-state index in [1.54, 1.807) is 17.8 Å². The Morgan fingerprint density at radius 2 is 2.45 bits per heavy atom. The van der Waals surface area contributed by atoms with Crippen LogP contribution in [0.5, 0.6) is 0 Å². The van der Waals surface area contributed by atoms with Crippen molar-refractivity contribution < 1.29 is 0 Å². The van der Waals surface area contributed by atoms with E-state index in [9.17, 15) is 0 Å². The Kier molecular flexibility index (Phi) is 1.62. The van der Waals surface area contributed by atoms with Crippen molar-refractivity contribution in [1.82, 2.24) is 10.7 Å². The molecular formula is C7H8N3S. The van der Waals surface area contributed by atoms with Gasteiger partial charge in [0.25, 0.3) is 0 Å². The molecule has 2 heterocycles. The van der Waals surface area contributed by atoms with Gasteiger partial charge in [0.1, 0.15) is 11.6 Å². The summed E-state index contributed by atoms with van der Waals surface area (Å²) in [5.74, 6) is 2.29. The van der Waals surface area contributed by atoms with Gasteiger partial charge in [0.2, 0.25) is 0 Å². The number of hydrogen-bond donors (Lipinski definition) is 1. The number of thioether (sulfide) groups is 1. The minimum absolute atomic E-state index is 0.332. The third-order valence-electron chi connectivity index (χ3n) is 1.51. The van der Waals surface area contributed by atoms with E-state index in [-0.39, 0.29) is 0 Å². The zero-order chi connectivity index (χ0) is 7.68. The predicted molar refractivity (Wildman–Crippen MR) is 46.2 cm³/mol. The average Bonchev–Trinajstić information content (AvgIpc) is 2.04. The Balaban J connectivity index is 2.43. The van der Waals surface area contributed by atoms with Gasteiger partial charge in [0.15, 0.2) is 0 Å². The Hall–Kier alpha value is -0.900. The number of fused-ring (bicyclic) bond motifs is 1. The van der Waals surface area contributed by atoms with Gasteiger partial charge >= 0.3 is 0 Å². The number of anilines is 1. The van der Waals surface area contributed by atoms with E-state index in [4.69, 9.17) is 5.73 Å². The van der Waals surface area contributed by atoms with Crippen molar-refractivity contribution >= 4 is 23.4 Å². The lowest BCUT2D eigenvalue weighted by molar-refractivity contribution is 1.09. The highest BCUT2D eigenvalue weighted by Gasteiger charge is 2.09. The zero-order valence-corrected chi connectivity index (χ0v) is 6.74. The van der Waals surface area contributed by atoms with Crippen molar-refractivity contribution in [3.05, 3.63) is 12.1 Å². The van der Waals surface area contributed by atoms with Crippen LogP contribution < -0.4 is 11.1 Å². The van der Waals surface area contributed by atoms with Gasteiger partial charge in [-0.25, -0.2) is 4.98 Å². The molecule has 0 amide bonds. The van der Waals surface area contributed by atoms with Crippen LogP contribution in [-0.4, -0.2) is 17.3 Å². The monoisotopic (exact) mass is 166 g/mol. The van der Waals surface area contributed by atoms with Crippen LogP contribution in [0.15, 0.2) is 17.0 Å². The van der Waals surface area contributed by atoms with Gasteiger partial charge in [-0.1, -0.05) is 0 Å². The number of rotatable bonds is 0. The molecule has 0 aromatic carbocycles. The first-order chi connectivity index (χ1) is 5.36. The first-order valence-corrected chi connectivity index (χ1v) is 4.44. The quantitative estimate of drug-likeness (QED) is 0.635. The molecule has 0 spiro atoms. The lowest BCUT2D eigenvalue weighted by Gasteiger charge is -2.15. The standard InChI is InChI=1S/C7H8N3S/c8-6-2-1-5-7(10-6)9-3-4-11-5/h1-2,8H,3-4H2,(H,9,10). The Morgan fingerprint density at radius 3 is 3.36 bits per heavy atom. The second-order valence-corrected chi connectivity index (χ2v) is 3.46. The van der Waals surface area contributed by atoms with Crippen LogP contribution in [0, 0.1) is 0 Å². The van der Waals surface area contributed by atoms with Crippen LogP contribution in [-0.2, 0) is 0 Å². The highest BCUT2D eigenvalue weighted by Crippen LogP contribution is 2.29. The molecule has 1 aromatic heterocycles. The van der Waals surface area contributed by atoms with Crippen molar-refractivity contribution in [2.24, 2.45) is 0 Å². The first kappa shape index (κ1) is 6.79. The molecule has 1 aliphatic heterocycles. The van der Waals surface area contributed by atoms with E-state index in [0.717, 1.165) is 23.0 Å². The van der Waals surface area contributed by atoms with Gasteiger partial charge in [-0.15, -0.1) is 11.8 Å². The summed E-state index contributed by atoms with van der Waals surface area (Å²) in [5, 5.41) is 3.15. The van der Waals surface area contributed by atoms with E-state index in [2.05, 4.69) is 10.3 Å². The molecule has 2 N–H and O–H groups in total. The summed E-state index contributed by atoms with van der Waals surface area (Å²) < 4.78 is 0. The normalized spacial score (nSPS) is 15.3. The Bertz CT molecular complexity index is 274. The van der Waals surface area contributed by atoms with Crippen LogP contribution in [0.1, 0.15) is 0 Å². The molecule has 0 aliphatic carbocycles. The number of nitrogens with one attached hydrogen (secondary N) is 2. The first-order valence-electron chi connectivity index (χ1n) is 3.45.